The summed E-state index contributed by atoms with van der Waals surface area (Å²) in [6.45, 7) is 2.59. The zero-order valence-corrected chi connectivity index (χ0v) is 19.3. The van der Waals surface area contributed by atoms with Crippen LogP contribution >= 0.6 is 22.9 Å². The topological polar surface area (TPSA) is 84.2 Å². The molecule has 3 rings (SSSR count). The number of benzene rings is 2. The summed E-state index contributed by atoms with van der Waals surface area (Å²) in [4.78, 5) is 17.8. The number of amides is 1. The van der Waals surface area contributed by atoms with E-state index in [4.69, 9.17) is 21.1 Å². The minimum atomic E-state index is -0.531. The van der Waals surface area contributed by atoms with Crippen molar-refractivity contribution < 1.29 is 14.3 Å². The Morgan fingerprint density at radius 2 is 2.09 bits per heavy atom. The fraction of sp³-hybridized carbons (Fsp3) is 0.208. The van der Waals surface area contributed by atoms with Crippen LogP contribution in [-0.4, -0.2) is 24.6 Å². The van der Waals surface area contributed by atoms with Crippen LogP contribution in [0.3, 0.4) is 0 Å². The molecular formula is C24H22ClN3O3S. The minimum Gasteiger partial charge on any atom is -0.493 e. The van der Waals surface area contributed by atoms with Gasteiger partial charge < -0.3 is 9.47 Å². The van der Waals surface area contributed by atoms with Gasteiger partial charge in [-0.3, -0.25) is 10.1 Å². The highest BCUT2D eigenvalue weighted by atomic mass is 35.5. The molecule has 3 aromatic rings. The molecule has 164 valence electrons. The van der Waals surface area contributed by atoms with Crippen LogP contribution in [0.2, 0.25) is 5.02 Å². The van der Waals surface area contributed by atoms with Gasteiger partial charge in [-0.1, -0.05) is 42.8 Å². The summed E-state index contributed by atoms with van der Waals surface area (Å²) in [7, 11) is 1.54. The molecular weight excluding hydrogens is 446 g/mol. The molecule has 0 spiro atoms. The van der Waals surface area contributed by atoms with Crippen molar-refractivity contribution in [3.63, 3.8) is 0 Å². The Labute approximate surface area is 196 Å². The summed E-state index contributed by atoms with van der Waals surface area (Å²) in [5.41, 5.74) is 1.58. The van der Waals surface area contributed by atoms with E-state index in [0.717, 1.165) is 16.9 Å². The predicted octanol–water partition coefficient (Wildman–Crippen LogP) is 5.73. The minimum absolute atomic E-state index is 0.0443. The number of nitrogens with one attached hydrogen (secondary N) is 1. The van der Waals surface area contributed by atoms with E-state index in [1.54, 1.807) is 31.5 Å². The van der Waals surface area contributed by atoms with Gasteiger partial charge in [-0.05, 0) is 41.8 Å². The van der Waals surface area contributed by atoms with Gasteiger partial charge in [-0.25, -0.2) is 4.98 Å². The fourth-order valence-corrected chi connectivity index (χ4v) is 3.89. The lowest BCUT2D eigenvalue weighted by atomic mass is 10.1. The van der Waals surface area contributed by atoms with Crippen molar-refractivity contribution >= 4 is 40.1 Å². The number of halogens is 1. The summed E-state index contributed by atoms with van der Waals surface area (Å²) < 4.78 is 11.0. The summed E-state index contributed by atoms with van der Waals surface area (Å²) in [5.74, 6) is 0.619. The second-order valence-corrected chi connectivity index (χ2v) is 8.31. The van der Waals surface area contributed by atoms with Crippen LogP contribution in [0.1, 0.15) is 29.3 Å². The zero-order valence-electron chi connectivity index (χ0n) is 17.7. The normalized spacial score (nSPS) is 11.0. The van der Waals surface area contributed by atoms with Gasteiger partial charge in [0.05, 0.1) is 13.7 Å². The average Bonchev–Trinajstić information content (AvgIpc) is 3.24. The third kappa shape index (κ3) is 6.10. The molecule has 1 amide bonds. The van der Waals surface area contributed by atoms with Crippen LogP contribution in [0.15, 0.2) is 54.2 Å². The number of anilines is 1. The molecule has 6 nitrogen and oxygen atoms in total. The molecule has 8 heteroatoms. The Morgan fingerprint density at radius 1 is 1.28 bits per heavy atom. The van der Waals surface area contributed by atoms with Gasteiger partial charge >= 0.3 is 0 Å². The maximum absolute atomic E-state index is 12.6. The number of aromatic nitrogens is 1. The maximum atomic E-state index is 12.6. The number of thiazole rings is 1. The molecule has 0 saturated carbocycles. The van der Waals surface area contributed by atoms with E-state index < -0.39 is 5.91 Å². The van der Waals surface area contributed by atoms with E-state index in [9.17, 15) is 10.1 Å². The summed E-state index contributed by atoms with van der Waals surface area (Å²) in [6.07, 6.45) is 4.68. The molecule has 0 aliphatic carbocycles. The number of rotatable bonds is 9. The van der Waals surface area contributed by atoms with Gasteiger partial charge in [0.25, 0.3) is 5.91 Å². The first-order valence-corrected chi connectivity index (χ1v) is 11.2. The Bertz CT molecular complexity index is 1170. The third-order valence-corrected chi connectivity index (χ3v) is 5.70. The molecule has 1 heterocycles. The highest BCUT2D eigenvalue weighted by molar-refractivity contribution is 7.15. The molecule has 0 unspecified atom stereocenters. The first-order valence-electron chi connectivity index (χ1n) is 9.96. The highest BCUT2D eigenvalue weighted by Crippen LogP contribution is 2.29. The van der Waals surface area contributed by atoms with Crippen molar-refractivity contribution in [2.75, 3.05) is 19.0 Å². The number of ether oxygens (including phenoxy) is 2. The van der Waals surface area contributed by atoms with Crippen LogP contribution in [0.25, 0.3) is 6.08 Å². The number of hydrogen-bond acceptors (Lipinski definition) is 6. The second kappa shape index (κ2) is 11.3. The van der Waals surface area contributed by atoms with Gasteiger partial charge in [-0.15, -0.1) is 11.3 Å². The van der Waals surface area contributed by atoms with Crippen molar-refractivity contribution in [3.8, 4) is 17.6 Å². The SMILES string of the molecule is CCCOc1ccc(/C=C(\C#N)C(=O)Nc2ncc(Cc3ccccc3Cl)s2)cc1OC. The molecule has 0 bridgehead atoms. The van der Waals surface area contributed by atoms with Crippen LogP contribution < -0.4 is 14.8 Å². The molecule has 0 aliphatic rings. The van der Waals surface area contributed by atoms with Crippen molar-refractivity contribution in [1.82, 2.24) is 4.98 Å². The standard InChI is InChI=1S/C24H22ClN3O3S/c1-3-10-31-21-9-8-16(12-22(21)30-2)11-18(14-26)23(29)28-24-27-15-19(32-24)13-17-6-4-5-7-20(17)25/h4-9,11-12,15H,3,10,13H2,1-2H3,(H,27,28,29)/b18-11+. The van der Waals surface area contributed by atoms with E-state index >= 15 is 0 Å². The van der Waals surface area contributed by atoms with Gasteiger partial charge in [-0.2, -0.15) is 5.26 Å². The van der Waals surface area contributed by atoms with Crippen molar-refractivity contribution in [3.05, 3.63) is 75.3 Å². The monoisotopic (exact) mass is 467 g/mol. The maximum Gasteiger partial charge on any atom is 0.268 e. The zero-order chi connectivity index (χ0) is 22.9. The quantitative estimate of drug-likeness (QED) is 0.321. The van der Waals surface area contributed by atoms with Gasteiger partial charge in [0.1, 0.15) is 11.6 Å². The fourth-order valence-electron chi connectivity index (χ4n) is 2.86. The lowest BCUT2D eigenvalue weighted by molar-refractivity contribution is -0.112. The van der Waals surface area contributed by atoms with E-state index in [1.807, 2.05) is 37.3 Å². The van der Waals surface area contributed by atoms with Crippen molar-refractivity contribution in [2.24, 2.45) is 0 Å². The molecule has 0 aliphatic heterocycles. The Balaban J connectivity index is 1.71. The predicted molar refractivity (Wildman–Crippen MR) is 127 cm³/mol. The number of hydrogen-bond donors (Lipinski definition) is 1. The van der Waals surface area contributed by atoms with Crippen molar-refractivity contribution in [1.29, 1.82) is 5.26 Å². The average molecular weight is 468 g/mol. The molecule has 1 N–H and O–H groups in total. The van der Waals surface area contributed by atoms with Crippen LogP contribution in [-0.2, 0) is 11.2 Å². The Kier molecular flexibility index (Phi) is 8.26. The highest BCUT2D eigenvalue weighted by Gasteiger charge is 2.14. The number of methoxy groups -OCH3 is 1. The summed E-state index contributed by atoms with van der Waals surface area (Å²) in [6, 6.07) is 14.8. The third-order valence-electron chi connectivity index (χ3n) is 4.42. The first-order chi connectivity index (χ1) is 15.5. The number of carbonyl (C=O) groups is 1. The molecule has 0 fully saturated rings. The van der Waals surface area contributed by atoms with Gasteiger partial charge in [0.15, 0.2) is 16.6 Å². The number of nitrogens with zero attached hydrogens (tertiary/aromatic N) is 2. The summed E-state index contributed by atoms with van der Waals surface area (Å²) in [5, 5.41) is 13.3. The lowest BCUT2D eigenvalue weighted by Gasteiger charge is -2.10. The van der Waals surface area contributed by atoms with E-state index in [2.05, 4.69) is 10.3 Å². The van der Waals surface area contributed by atoms with Crippen LogP contribution in [0.4, 0.5) is 5.13 Å². The Morgan fingerprint density at radius 3 is 2.81 bits per heavy atom. The number of carbonyl (C=O) groups excluding carboxylic acids is 1. The molecule has 0 saturated heterocycles. The van der Waals surface area contributed by atoms with Gasteiger partial charge in [0, 0.05) is 22.5 Å². The smallest absolute Gasteiger partial charge is 0.268 e. The number of nitriles is 1. The van der Waals surface area contributed by atoms with E-state index in [0.29, 0.717) is 40.2 Å². The molecule has 32 heavy (non-hydrogen) atoms. The Hall–Kier alpha value is -3.34. The van der Waals surface area contributed by atoms with Crippen LogP contribution in [0, 0.1) is 11.3 Å². The van der Waals surface area contributed by atoms with E-state index in [1.165, 1.54) is 17.4 Å². The molecule has 2 aromatic carbocycles. The van der Waals surface area contributed by atoms with Gasteiger partial charge in [0.2, 0.25) is 0 Å². The lowest BCUT2D eigenvalue weighted by Crippen LogP contribution is -2.13. The van der Waals surface area contributed by atoms with Crippen molar-refractivity contribution in [2.45, 2.75) is 19.8 Å². The molecule has 0 atom stereocenters. The molecule has 0 radical (unpaired) electrons. The van der Waals surface area contributed by atoms with Crippen LogP contribution in [0.5, 0.6) is 11.5 Å². The first kappa shape index (κ1) is 23.3. The van der Waals surface area contributed by atoms with E-state index in [-0.39, 0.29) is 5.57 Å². The summed E-state index contributed by atoms with van der Waals surface area (Å²) >= 11 is 7.55. The molecule has 1 aromatic heterocycles. The largest absolute Gasteiger partial charge is 0.493 e. The second-order valence-electron chi connectivity index (χ2n) is 6.78.